The third-order valence-corrected chi connectivity index (χ3v) is 2.38. The molecular weight excluding hydrogens is 166 g/mol. The summed E-state index contributed by atoms with van der Waals surface area (Å²) >= 11 is 0. The van der Waals surface area contributed by atoms with Crippen molar-refractivity contribution in [3.63, 3.8) is 0 Å². The molecule has 0 heterocycles. The maximum atomic E-state index is 10.4. The Morgan fingerprint density at radius 1 is 1.64 bits per heavy atom. The first kappa shape index (κ1) is 10.4. The first-order chi connectivity index (χ1) is 5.02. The van der Waals surface area contributed by atoms with Crippen LogP contribution in [0.5, 0.6) is 0 Å². The Bertz CT molecular complexity index is 239. The van der Waals surface area contributed by atoms with Gasteiger partial charge in [-0.2, -0.15) is 13.7 Å². The van der Waals surface area contributed by atoms with Crippen molar-refractivity contribution in [1.29, 1.82) is 5.26 Å². The normalized spacial score (nSPS) is 13.9. The van der Waals surface area contributed by atoms with E-state index in [1.165, 1.54) is 6.07 Å². The van der Waals surface area contributed by atoms with Gasteiger partial charge in [0, 0.05) is 0 Å². The predicted molar refractivity (Wildman–Crippen MR) is 40.5 cm³/mol. The molecule has 0 aromatic carbocycles. The van der Waals surface area contributed by atoms with Crippen molar-refractivity contribution >= 4 is 10.1 Å². The molecule has 0 aliphatic carbocycles. The number of hydrogen-bond donors (Lipinski definition) is 1. The monoisotopic (exact) mass is 177 g/mol. The molecule has 0 spiro atoms. The topological polar surface area (TPSA) is 78.2 Å². The highest BCUT2D eigenvalue weighted by atomic mass is 32.2. The minimum absolute atomic E-state index is 0.214. The molecule has 1 unspecified atom stereocenters. The minimum atomic E-state index is -4.15. The molecule has 0 amide bonds. The van der Waals surface area contributed by atoms with E-state index in [0.29, 0.717) is 6.42 Å². The quantitative estimate of drug-likeness (QED) is 0.648. The molecular formula is C6H11NO3S. The molecule has 64 valence electrons. The molecule has 0 saturated heterocycles. The van der Waals surface area contributed by atoms with Crippen LogP contribution in [-0.4, -0.2) is 18.2 Å². The Hall–Kier alpha value is -0.600. The van der Waals surface area contributed by atoms with Crippen LogP contribution in [0.2, 0.25) is 0 Å². The lowest BCUT2D eigenvalue weighted by Gasteiger charge is -2.02. The molecule has 0 saturated carbocycles. The van der Waals surface area contributed by atoms with Gasteiger partial charge in [0.1, 0.15) is 0 Å². The van der Waals surface area contributed by atoms with E-state index < -0.39 is 15.4 Å². The molecule has 0 aromatic rings. The zero-order valence-corrected chi connectivity index (χ0v) is 7.13. The van der Waals surface area contributed by atoms with Crippen LogP contribution >= 0.6 is 0 Å². The van der Waals surface area contributed by atoms with Crippen LogP contribution in [0.1, 0.15) is 26.2 Å². The van der Waals surface area contributed by atoms with Crippen molar-refractivity contribution in [3.05, 3.63) is 0 Å². The Morgan fingerprint density at radius 3 is 2.45 bits per heavy atom. The van der Waals surface area contributed by atoms with Crippen molar-refractivity contribution in [2.75, 3.05) is 0 Å². The number of unbranched alkanes of at least 4 members (excludes halogenated alkanes) is 1. The van der Waals surface area contributed by atoms with E-state index in [-0.39, 0.29) is 6.42 Å². The Kier molecular flexibility index (Phi) is 4.08. The van der Waals surface area contributed by atoms with Gasteiger partial charge < -0.3 is 0 Å². The summed E-state index contributed by atoms with van der Waals surface area (Å²) in [5.74, 6) is 0. The highest BCUT2D eigenvalue weighted by molar-refractivity contribution is 7.86. The number of nitriles is 1. The summed E-state index contributed by atoms with van der Waals surface area (Å²) in [6, 6.07) is 1.54. The van der Waals surface area contributed by atoms with Gasteiger partial charge in [-0.15, -0.1) is 0 Å². The Morgan fingerprint density at radius 2 is 2.18 bits per heavy atom. The predicted octanol–water partition coefficient (Wildman–Crippen LogP) is 0.957. The molecule has 0 aromatic heterocycles. The zero-order valence-electron chi connectivity index (χ0n) is 6.32. The van der Waals surface area contributed by atoms with E-state index in [2.05, 4.69) is 0 Å². The zero-order chi connectivity index (χ0) is 8.91. The van der Waals surface area contributed by atoms with Gasteiger partial charge in [0.25, 0.3) is 10.1 Å². The van der Waals surface area contributed by atoms with Gasteiger partial charge in [-0.05, 0) is 6.42 Å². The van der Waals surface area contributed by atoms with E-state index in [1.54, 1.807) is 0 Å². The van der Waals surface area contributed by atoms with E-state index in [9.17, 15) is 8.42 Å². The fraction of sp³-hybridized carbons (Fsp3) is 0.833. The highest BCUT2D eigenvalue weighted by Crippen LogP contribution is 2.07. The van der Waals surface area contributed by atoms with Gasteiger partial charge in [-0.3, -0.25) is 4.55 Å². The van der Waals surface area contributed by atoms with Gasteiger partial charge in [0.2, 0.25) is 0 Å². The summed E-state index contributed by atoms with van der Waals surface area (Å²) in [7, 11) is -4.15. The van der Waals surface area contributed by atoms with E-state index >= 15 is 0 Å². The average molecular weight is 177 g/mol. The smallest absolute Gasteiger partial charge is 0.281 e. The van der Waals surface area contributed by atoms with Crippen LogP contribution in [0.3, 0.4) is 0 Å². The van der Waals surface area contributed by atoms with Crippen molar-refractivity contribution in [2.45, 2.75) is 31.4 Å². The molecule has 0 bridgehead atoms. The molecule has 0 aliphatic heterocycles. The van der Waals surface area contributed by atoms with Crippen LogP contribution in [0.25, 0.3) is 0 Å². The average Bonchev–Trinajstić information content (AvgIpc) is 1.87. The molecule has 0 radical (unpaired) electrons. The Balaban J connectivity index is 4.12. The van der Waals surface area contributed by atoms with Gasteiger partial charge in [-0.1, -0.05) is 19.8 Å². The van der Waals surface area contributed by atoms with Crippen LogP contribution < -0.4 is 0 Å². The summed E-state index contributed by atoms with van der Waals surface area (Å²) < 4.78 is 29.3. The molecule has 1 N–H and O–H groups in total. The third-order valence-electron chi connectivity index (χ3n) is 1.32. The van der Waals surface area contributed by atoms with E-state index in [1.807, 2.05) is 6.92 Å². The second kappa shape index (κ2) is 4.31. The molecule has 0 fully saturated rings. The first-order valence-corrected chi connectivity index (χ1v) is 4.88. The number of rotatable bonds is 4. The largest absolute Gasteiger partial charge is 0.285 e. The second-order valence-electron chi connectivity index (χ2n) is 2.27. The van der Waals surface area contributed by atoms with Crippen LogP contribution in [-0.2, 0) is 10.1 Å². The minimum Gasteiger partial charge on any atom is -0.285 e. The van der Waals surface area contributed by atoms with E-state index in [4.69, 9.17) is 9.81 Å². The lowest BCUT2D eigenvalue weighted by atomic mass is 10.2. The van der Waals surface area contributed by atoms with Crippen molar-refractivity contribution in [3.8, 4) is 6.07 Å². The van der Waals surface area contributed by atoms with Crippen LogP contribution in [0, 0.1) is 11.3 Å². The maximum absolute atomic E-state index is 10.4. The van der Waals surface area contributed by atoms with Crippen molar-refractivity contribution in [1.82, 2.24) is 0 Å². The molecule has 4 nitrogen and oxygen atoms in total. The molecule has 0 aliphatic rings. The Labute approximate surface area is 66.6 Å². The molecule has 11 heavy (non-hydrogen) atoms. The highest BCUT2D eigenvalue weighted by Gasteiger charge is 2.20. The SMILES string of the molecule is CCCCC(C#N)S(=O)(=O)O. The lowest BCUT2D eigenvalue weighted by Crippen LogP contribution is -2.17. The fourth-order valence-electron chi connectivity index (χ4n) is 0.670. The summed E-state index contributed by atoms with van der Waals surface area (Å²) in [6.07, 6.45) is 1.66. The molecule has 1 atom stereocenters. The third kappa shape index (κ3) is 3.96. The van der Waals surface area contributed by atoms with Crippen molar-refractivity contribution < 1.29 is 13.0 Å². The number of nitrogens with zero attached hydrogens (tertiary/aromatic N) is 1. The van der Waals surface area contributed by atoms with E-state index in [0.717, 1.165) is 6.42 Å². The standard InChI is InChI=1S/C6H11NO3S/c1-2-3-4-6(5-7)11(8,9)10/h6H,2-4H2,1H3,(H,8,9,10). The summed E-state index contributed by atoms with van der Waals surface area (Å²) in [4.78, 5) is 0. The van der Waals surface area contributed by atoms with Gasteiger partial charge >= 0.3 is 0 Å². The molecule has 5 heteroatoms. The maximum Gasteiger partial charge on any atom is 0.281 e. The second-order valence-corrected chi connectivity index (χ2v) is 3.87. The van der Waals surface area contributed by atoms with Gasteiger partial charge in [0.05, 0.1) is 6.07 Å². The first-order valence-electron chi connectivity index (χ1n) is 3.38. The van der Waals surface area contributed by atoms with Crippen LogP contribution in [0.15, 0.2) is 0 Å². The van der Waals surface area contributed by atoms with Crippen LogP contribution in [0.4, 0.5) is 0 Å². The lowest BCUT2D eigenvalue weighted by molar-refractivity contribution is 0.471. The van der Waals surface area contributed by atoms with Gasteiger partial charge in [0.15, 0.2) is 5.25 Å². The number of hydrogen-bond acceptors (Lipinski definition) is 3. The summed E-state index contributed by atoms with van der Waals surface area (Å²) in [5.41, 5.74) is 0. The van der Waals surface area contributed by atoms with Crippen molar-refractivity contribution in [2.24, 2.45) is 0 Å². The van der Waals surface area contributed by atoms with Gasteiger partial charge in [-0.25, -0.2) is 0 Å². The summed E-state index contributed by atoms with van der Waals surface area (Å²) in [5, 5.41) is 7.05. The fourth-order valence-corrected chi connectivity index (χ4v) is 1.27. The summed E-state index contributed by atoms with van der Waals surface area (Å²) in [6.45, 7) is 1.89. The molecule has 0 rings (SSSR count).